The van der Waals surface area contributed by atoms with Crippen LogP contribution < -0.4 is 9.47 Å². The van der Waals surface area contributed by atoms with Crippen LogP contribution in [0, 0.1) is 13.8 Å². The van der Waals surface area contributed by atoms with Gasteiger partial charge in [0.05, 0.1) is 25.5 Å². The minimum absolute atomic E-state index is 0.0372. The Labute approximate surface area is 167 Å². The van der Waals surface area contributed by atoms with E-state index in [1.807, 2.05) is 32.0 Å². The van der Waals surface area contributed by atoms with E-state index in [1.54, 1.807) is 26.5 Å². The molecule has 8 nitrogen and oxygen atoms in total. The number of ketones is 1. The predicted molar refractivity (Wildman–Crippen MR) is 109 cm³/mol. The molecule has 0 aromatic carbocycles. The average Bonchev–Trinajstić information content (AvgIpc) is 3.30. The standard InChI is InChI=1S/C21H21N5O3/c1-11-12(2)25-26-19(11)17(27)8-13-7-14-9-16(23-20(14)22-10-13)15-5-6-18(28-3)24-21(15)29-4/h5-7,9-10H,8H2,1-4H3,(H,22,23)(H,25,26). The summed E-state index contributed by atoms with van der Waals surface area (Å²) in [6.45, 7) is 3.79. The molecule has 0 spiro atoms. The number of hydrogen-bond acceptors (Lipinski definition) is 6. The van der Waals surface area contributed by atoms with E-state index >= 15 is 0 Å². The fraction of sp³-hybridized carbons (Fsp3) is 0.238. The molecule has 29 heavy (non-hydrogen) atoms. The first kappa shape index (κ1) is 18.7. The highest BCUT2D eigenvalue weighted by molar-refractivity contribution is 5.97. The first-order chi connectivity index (χ1) is 14.0. The van der Waals surface area contributed by atoms with Crippen molar-refractivity contribution < 1.29 is 14.3 Å². The number of aryl methyl sites for hydroxylation is 1. The maximum absolute atomic E-state index is 12.6. The number of hydrogen-bond donors (Lipinski definition) is 2. The normalized spacial score (nSPS) is 11.0. The Morgan fingerprint density at radius 3 is 2.66 bits per heavy atom. The highest BCUT2D eigenvalue weighted by atomic mass is 16.5. The number of aromatic amines is 2. The van der Waals surface area contributed by atoms with Gasteiger partial charge in [0.1, 0.15) is 11.3 Å². The Morgan fingerprint density at radius 1 is 1.14 bits per heavy atom. The second-order valence-electron chi connectivity index (χ2n) is 6.80. The van der Waals surface area contributed by atoms with E-state index in [2.05, 4.69) is 25.1 Å². The van der Waals surface area contributed by atoms with Crippen molar-refractivity contribution in [3.05, 3.63) is 53.0 Å². The minimum atomic E-state index is -0.0372. The molecule has 0 radical (unpaired) electrons. The van der Waals surface area contributed by atoms with Crippen LogP contribution in [-0.4, -0.2) is 45.2 Å². The lowest BCUT2D eigenvalue weighted by molar-refractivity contribution is 0.0987. The van der Waals surface area contributed by atoms with E-state index in [-0.39, 0.29) is 12.2 Å². The van der Waals surface area contributed by atoms with Crippen LogP contribution in [0.4, 0.5) is 0 Å². The molecule has 0 unspecified atom stereocenters. The van der Waals surface area contributed by atoms with Gasteiger partial charge in [-0.15, -0.1) is 0 Å². The van der Waals surface area contributed by atoms with E-state index in [1.165, 1.54) is 0 Å². The van der Waals surface area contributed by atoms with Crippen LogP contribution in [-0.2, 0) is 6.42 Å². The smallest absolute Gasteiger partial charge is 0.225 e. The molecule has 4 aromatic rings. The Bertz CT molecular complexity index is 1210. The number of aromatic nitrogens is 5. The van der Waals surface area contributed by atoms with Gasteiger partial charge in [0.15, 0.2) is 5.78 Å². The zero-order valence-electron chi connectivity index (χ0n) is 16.7. The molecule has 0 bridgehead atoms. The Hall–Kier alpha value is -3.68. The molecule has 0 aliphatic carbocycles. The van der Waals surface area contributed by atoms with E-state index in [0.717, 1.165) is 39.1 Å². The van der Waals surface area contributed by atoms with Gasteiger partial charge in [-0.25, -0.2) is 4.98 Å². The summed E-state index contributed by atoms with van der Waals surface area (Å²) in [5.74, 6) is 0.894. The highest BCUT2D eigenvalue weighted by Gasteiger charge is 2.16. The quantitative estimate of drug-likeness (QED) is 0.488. The molecule has 0 atom stereocenters. The van der Waals surface area contributed by atoms with Crippen LogP contribution in [0.25, 0.3) is 22.3 Å². The fourth-order valence-corrected chi connectivity index (χ4v) is 3.23. The summed E-state index contributed by atoms with van der Waals surface area (Å²) in [6, 6.07) is 7.57. The summed E-state index contributed by atoms with van der Waals surface area (Å²) in [5.41, 5.74) is 5.43. The number of carbonyl (C=O) groups is 1. The van der Waals surface area contributed by atoms with Gasteiger partial charge in [-0.05, 0) is 37.6 Å². The molecule has 2 N–H and O–H groups in total. The topological polar surface area (TPSA) is 106 Å². The second-order valence-corrected chi connectivity index (χ2v) is 6.80. The van der Waals surface area contributed by atoms with Gasteiger partial charge in [-0.1, -0.05) is 0 Å². The number of nitrogens with one attached hydrogen (secondary N) is 2. The van der Waals surface area contributed by atoms with Crippen molar-refractivity contribution in [2.24, 2.45) is 0 Å². The van der Waals surface area contributed by atoms with Crippen LogP contribution in [0.5, 0.6) is 11.8 Å². The molecule has 0 saturated carbocycles. The van der Waals surface area contributed by atoms with Gasteiger partial charge in [-0.2, -0.15) is 10.1 Å². The van der Waals surface area contributed by atoms with Crippen molar-refractivity contribution in [3.63, 3.8) is 0 Å². The summed E-state index contributed by atoms with van der Waals surface area (Å²) >= 11 is 0. The number of carbonyl (C=O) groups excluding carboxylic acids is 1. The average molecular weight is 391 g/mol. The summed E-state index contributed by atoms with van der Waals surface area (Å²) in [5, 5.41) is 7.88. The number of pyridine rings is 2. The van der Waals surface area contributed by atoms with Crippen molar-refractivity contribution in [2.45, 2.75) is 20.3 Å². The second kappa shape index (κ2) is 7.38. The summed E-state index contributed by atoms with van der Waals surface area (Å²) in [6.07, 6.45) is 1.95. The third-order valence-electron chi connectivity index (χ3n) is 4.94. The van der Waals surface area contributed by atoms with E-state index in [4.69, 9.17) is 9.47 Å². The number of rotatable bonds is 6. The van der Waals surface area contributed by atoms with Crippen molar-refractivity contribution in [1.82, 2.24) is 25.1 Å². The van der Waals surface area contributed by atoms with Crippen molar-refractivity contribution in [1.29, 1.82) is 0 Å². The van der Waals surface area contributed by atoms with Crippen molar-refractivity contribution in [2.75, 3.05) is 14.2 Å². The van der Waals surface area contributed by atoms with Gasteiger partial charge in [0, 0.05) is 35.3 Å². The SMILES string of the molecule is COc1ccc(-c2cc3cc(CC(=O)c4n[nH]c(C)c4C)cnc3[nH]2)c(OC)n1. The highest BCUT2D eigenvalue weighted by Crippen LogP contribution is 2.31. The molecule has 4 rings (SSSR count). The lowest BCUT2D eigenvalue weighted by Crippen LogP contribution is -2.06. The molecule has 8 heteroatoms. The van der Waals surface area contributed by atoms with Crippen LogP contribution >= 0.6 is 0 Å². The third-order valence-corrected chi connectivity index (χ3v) is 4.94. The third kappa shape index (κ3) is 3.44. The van der Waals surface area contributed by atoms with Gasteiger partial charge < -0.3 is 14.5 Å². The Balaban J connectivity index is 1.65. The van der Waals surface area contributed by atoms with Gasteiger partial charge >= 0.3 is 0 Å². The largest absolute Gasteiger partial charge is 0.481 e. The molecule has 4 aromatic heterocycles. The molecular formula is C21H21N5O3. The predicted octanol–water partition coefficient (Wildman–Crippen LogP) is 3.41. The molecule has 0 fully saturated rings. The van der Waals surface area contributed by atoms with Crippen molar-refractivity contribution >= 4 is 16.8 Å². The zero-order chi connectivity index (χ0) is 20.5. The van der Waals surface area contributed by atoms with E-state index in [9.17, 15) is 4.79 Å². The summed E-state index contributed by atoms with van der Waals surface area (Å²) < 4.78 is 10.5. The first-order valence-electron chi connectivity index (χ1n) is 9.12. The molecule has 0 aliphatic rings. The Kier molecular flexibility index (Phi) is 4.75. The lowest BCUT2D eigenvalue weighted by atomic mass is 10.0. The maximum atomic E-state index is 12.6. The minimum Gasteiger partial charge on any atom is -0.481 e. The van der Waals surface area contributed by atoms with Crippen LogP contribution in [0.3, 0.4) is 0 Å². The number of ether oxygens (including phenoxy) is 2. The van der Waals surface area contributed by atoms with Crippen LogP contribution in [0.1, 0.15) is 27.3 Å². The van der Waals surface area contributed by atoms with Gasteiger partial charge in [0.2, 0.25) is 11.8 Å². The zero-order valence-corrected chi connectivity index (χ0v) is 16.7. The molecule has 148 valence electrons. The van der Waals surface area contributed by atoms with E-state index in [0.29, 0.717) is 17.5 Å². The fourth-order valence-electron chi connectivity index (χ4n) is 3.23. The van der Waals surface area contributed by atoms with Gasteiger partial charge in [-0.3, -0.25) is 9.89 Å². The molecule has 0 amide bonds. The lowest BCUT2D eigenvalue weighted by Gasteiger charge is -2.07. The number of H-pyrrole nitrogens is 2. The van der Waals surface area contributed by atoms with Crippen molar-refractivity contribution in [3.8, 4) is 23.0 Å². The monoisotopic (exact) mass is 391 g/mol. The number of fused-ring (bicyclic) bond motifs is 1. The first-order valence-corrected chi connectivity index (χ1v) is 9.12. The number of Topliss-reactive ketones (excluding diaryl/α,β-unsaturated/α-hetero) is 1. The van der Waals surface area contributed by atoms with Gasteiger partial charge in [0.25, 0.3) is 0 Å². The molecule has 0 saturated heterocycles. The number of methoxy groups -OCH3 is 2. The maximum Gasteiger partial charge on any atom is 0.225 e. The molecule has 4 heterocycles. The van der Waals surface area contributed by atoms with Crippen LogP contribution in [0.15, 0.2) is 30.5 Å². The van der Waals surface area contributed by atoms with Crippen LogP contribution in [0.2, 0.25) is 0 Å². The summed E-state index contributed by atoms with van der Waals surface area (Å²) in [4.78, 5) is 24.7. The van der Waals surface area contributed by atoms with E-state index < -0.39 is 0 Å². The molecule has 0 aliphatic heterocycles. The summed E-state index contributed by atoms with van der Waals surface area (Å²) in [7, 11) is 3.12. The Morgan fingerprint density at radius 2 is 1.97 bits per heavy atom. The number of nitrogens with zero attached hydrogens (tertiary/aromatic N) is 3. The molecular weight excluding hydrogens is 370 g/mol.